The van der Waals surface area contributed by atoms with Gasteiger partial charge in [0.05, 0.1) is 5.60 Å². The summed E-state index contributed by atoms with van der Waals surface area (Å²) in [6, 6.07) is 4.72. The minimum Gasteiger partial charge on any atom is -0.379 e. The summed E-state index contributed by atoms with van der Waals surface area (Å²) in [4.78, 5) is 4.55. The number of pyridine rings is 1. The molecule has 0 bridgehead atoms. The molecular formula is C16H28N2O. The molecule has 3 heteroatoms. The molecular weight excluding hydrogens is 236 g/mol. The number of rotatable bonds is 8. The SMILES string of the molecule is CCNC(Cc1ccc(CC)cn1)CC(C)(C)OC. The van der Waals surface area contributed by atoms with E-state index in [1.54, 1.807) is 7.11 Å². The molecule has 1 atom stereocenters. The van der Waals surface area contributed by atoms with Gasteiger partial charge in [-0.05, 0) is 44.9 Å². The zero-order valence-corrected chi connectivity index (χ0v) is 13.0. The van der Waals surface area contributed by atoms with Crippen molar-refractivity contribution in [2.45, 2.75) is 58.6 Å². The molecule has 108 valence electrons. The third kappa shape index (κ3) is 5.70. The largest absolute Gasteiger partial charge is 0.379 e. The molecule has 0 aliphatic carbocycles. The number of hydrogen-bond donors (Lipinski definition) is 1. The van der Waals surface area contributed by atoms with E-state index in [-0.39, 0.29) is 5.60 Å². The highest BCUT2D eigenvalue weighted by atomic mass is 16.5. The Balaban J connectivity index is 2.66. The van der Waals surface area contributed by atoms with Gasteiger partial charge in [0.1, 0.15) is 0 Å². The number of nitrogens with zero attached hydrogens (tertiary/aromatic N) is 1. The van der Waals surface area contributed by atoms with Gasteiger partial charge >= 0.3 is 0 Å². The molecule has 0 fully saturated rings. The Bertz CT molecular complexity index is 360. The van der Waals surface area contributed by atoms with Gasteiger partial charge in [-0.15, -0.1) is 0 Å². The standard InChI is InChI=1S/C16H28N2O/c1-6-13-8-9-14(18-12-13)10-15(17-7-2)11-16(3,4)19-5/h8-9,12,15,17H,6-7,10-11H2,1-5H3. The summed E-state index contributed by atoms with van der Waals surface area (Å²) >= 11 is 0. The first kappa shape index (κ1) is 16.1. The fourth-order valence-electron chi connectivity index (χ4n) is 2.22. The smallest absolute Gasteiger partial charge is 0.0637 e. The molecule has 0 amide bonds. The van der Waals surface area contributed by atoms with Gasteiger partial charge in [0.2, 0.25) is 0 Å². The zero-order valence-electron chi connectivity index (χ0n) is 13.0. The Morgan fingerprint density at radius 1 is 1.32 bits per heavy atom. The van der Waals surface area contributed by atoms with Crippen molar-refractivity contribution in [3.05, 3.63) is 29.6 Å². The molecule has 3 nitrogen and oxygen atoms in total. The maximum absolute atomic E-state index is 5.53. The number of likely N-dealkylation sites (N-methyl/N-ethyl adjacent to an activating group) is 1. The van der Waals surface area contributed by atoms with Crippen molar-refractivity contribution in [1.82, 2.24) is 10.3 Å². The van der Waals surface area contributed by atoms with Gasteiger partial charge in [-0.2, -0.15) is 0 Å². The fraction of sp³-hybridized carbons (Fsp3) is 0.688. The lowest BCUT2D eigenvalue weighted by molar-refractivity contribution is 0.00719. The maximum atomic E-state index is 5.53. The van der Waals surface area contributed by atoms with Gasteiger partial charge in [-0.25, -0.2) is 0 Å². The van der Waals surface area contributed by atoms with E-state index in [1.165, 1.54) is 5.56 Å². The van der Waals surface area contributed by atoms with Crippen LogP contribution in [0.5, 0.6) is 0 Å². The average Bonchev–Trinajstić information content (AvgIpc) is 2.39. The highest BCUT2D eigenvalue weighted by molar-refractivity contribution is 5.14. The predicted octanol–water partition coefficient (Wildman–Crippen LogP) is 2.98. The molecule has 0 radical (unpaired) electrons. The van der Waals surface area contributed by atoms with Crippen molar-refractivity contribution < 1.29 is 4.74 Å². The second-order valence-electron chi connectivity index (χ2n) is 5.64. The lowest BCUT2D eigenvalue weighted by Crippen LogP contribution is -2.39. The van der Waals surface area contributed by atoms with Crippen molar-refractivity contribution >= 4 is 0 Å². The van der Waals surface area contributed by atoms with E-state index in [0.717, 1.165) is 31.5 Å². The number of nitrogens with one attached hydrogen (secondary N) is 1. The van der Waals surface area contributed by atoms with Crippen LogP contribution in [0.15, 0.2) is 18.3 Å². The number of aromatic nitrogens is 1. The van der Waals surface area contributed by atoms with Gasteiger partial charge in [-0.1, -0.05) is 19.9 Å². The van der Waals surface area contributed by atoms with Gasteiger partial charge in [0.15, 0.2) is 0 Å². The minimum atomic E-state index is -0.101. The first-order valence-electron chi connectivity index (χ1n) is 7.23. The molecule has 0 aromatic carbocycles. The lowest BCUT2D eigenvalue weighted by Gasteiger charge is -2.29. The Labute approximate surface area is 117 Å². The molecule has 1 aromatic rings. The van der Waals surface area contributed by atoms with Gasteiger partial charge in [-0.3, -0.25) is 4.98 Å². The molecule has 0 spiro atoms. The summed E-state index contributed by atoms with van der Waals surface area (Å²) < 4.78 is 5.53. The summed E-state index contributed by atoms with van der Waals surface area (Å²) in [5.74, 6) is 0. The van der Waals surface area contributed by atoms with Crippen LogP contribution in [0, 0.1) is 0 Å². The highest BCUT2D eigenvalue weighted by Crippen LogP contribution is 2.18. The summed E-state index contributed by atoms with van der Waals surface area (Å²) in [5, 5.41) is 3.53. The molecule has 1 unspecified atom stereocenters. The monoisotopic (exact) mass is 264 g/mol. The Morgan fingerprint density at radius 2 is 2.05 bits per heavy atom. The maximum Gasteiger partial charge on any atom is 0.0637 e. The Kier molecular flexibility index (Phi) is 6.46. The van der Waals surface area contributed by atoms with Crippen LogP contribution in [-0.4, -0.2) is 30.3 Å². The Morgan fingerprint density at radius 3 is 2.53 bits per heavy atom. The van der Waals surface area contributed by atoms with E-state index in [2.05, 4.69) is 50.1 Å². The number of methoxy groups -OCH3 is 1. The van der Waals surface area contributed by atoms with E-state index >= 15 is 0 Å². The molecule has 1 heterocycles. The van der Waals surface area contributed by atoms with E-state index in [0.29, 0.717) is 6.04 Å². The molecule has 0 aliphatic heterocycles. The molecule has 0 aliphatic rings. The topological polar surface area (TPSA) is 34.2 Å². The van der Waals surface area contributed by atoms with E-state index in [1.807, 2.05) is 6.20 Å². The van der Waals surface area contributed by atoms with Crippen LogP contribution in [0.4, 0.5) is 0 Å². The predicted molar refractivity (Wildman–Crippen MR) is 80.5 cm³/mol. The van der Waals surface area contributed by atoms with Crippen LogP contribution in [-0.2, 0) is 17.6 Å². The molecule has 1 rings (SSSR count). The summed E-state index contributed by atoms with van der Waals surface area (Å²) in [5.41, 5.74) is 2.34. The molecule has 0 saturated heterocycles. The van der Waals surface area contributed by atoms with Gasteiger partial charge in [0.25, 0.3) is 0 Å². The number of hydrogen-bond acceptors (Lipinski definition) is 3. The van der Waals surface area contributed by atoms with Crippen molar-refractivity contribution in [3.8, 4) is 0 Å². The second kappa shape index (κ2) is 7.61. The van der Waals surface area contributed by atoms with Crippen LogP contribution in [0.25, 0.3) is 0 Å². The average molecular weight is 264 g/mol. The van der Waals surface area contributed by atoms with Crippen molar-refractivity contribution in [1.29, 1.82) is 0 Å². The second-order valence-corrected chi connectivity index (χ2v) is 5.64. The first-order valence-corrected chi connectivity index (χ1v) is 7.23. The van der Waals surface area contributed by atoms with Crippen LogP contribution in [0.2, 0.25) is 0 Å². The van der Waals surface area contributed by atoms with E-state index in [4.69, 9.17) is 4.74 Å². The van der Waals surface area contributed by atoms with Crippen molar-refractivity contribution in [2.75, 3.05) is 13.7 Å². The summed E-state index contributed by atoms with van der Waals surface area (Å²) in [6.45, 7) is 9.52. The van der Waals surface area contributed by atoms with Crippen LogP contribution < -0.4 is 5.32 Å². The third-order valence-electron chi connectivity index (χ3n) is 3.53. The molecule has 1 aromatic heterocycles. The highest BCUT2D eigenvalue weighted by Gasteiger charge is 2.22. The van der Waals surface area contributed by atoms with Gasteiger partial charge < -0.3 is 10.1 Å². The Hall–Kier alpha value is -0.930. The van der Waals surface area contributed by atoms with Crippen molar-refractivity contribution in [2.24, 2.45) is 0 Å². The van der Waals surface area contributed by atoms with Crippen LogP contribution in [0.1, 0.15) is 45.4 Å². The van der Waals surface area contributed by atoms with Crippen molar-refractivity contribution in [3.63, 3.8) is 0 Å². The van der Waals surface area contributed by atoms with E-state index in [9.17, 15) is 0 Å². The third-order valence-corrected chi connectivity index (χ3v) is 3.53. The summed E-state index contributed by atoms with van der Waals surface area (Å²) in [6.07, 6.45) is 4.96. The number of aryl methyl sites for hydroxylation is 1. The molecule has 1 N–H and O–H groups in total. The fourth-order valence-corrected chi connectivity index (χ4v) is 2.22. The lowest BCUT2D eigenvalue weighted by atomic mass is 9.95. The summed E-state index contributed by atoms with van der Waals surface area (Å²) in [7, 11) is 1.78. The van der Waals surface area contributed by atoms with Gasteiger partial charge in [0, 0.05) is 31.5 Å². The first-order chi connectivity index (χ1) is 9.00. The van der Waals surface area contributed by atoms with E-state index < -0.39 is 0 Å². The zero-order chi connectivity index (χ0) is 14.3. The quantitative estimate of drug-likeness (QED) is 0.784. The molecule has 19 heavy (non-hydrogen) atoms. The number of ether oxygens (including phenoxy) is 1. The molecule has 0 saturated carbocycles. The minimum absolute atomic E-state index is 0.101. The normalized spacial score (nSPS) is 13.5. The van der Waals surface area contributed by atoms with Crippen LogP contribution in [0.3, 0.4) is 0 Å². The van der Waals surface area contributed by atoms with Crippen LogP contribution >= 0.6 is 0 Å².